The summed E-state index contributed by atoms with van der Waals surface area (Å²) in [6.07, 6.45) is 8.25. The predicted molar refractivity (Wildman–Crippen MR) is 71.2 cm³/mol. The molecule has 0 bridgehead atoms. The smallest absolute Gasteiger partial charge is 0.0599 e. The van der Waals surface area contributed by atoms with Gasteiger partial charge in [0.15, 0.2) is 0 Å². The zero-order valence-electron chi connectivity index (χ0n) is 11.4. The van der Waals surface area contributed by atoms with E-state index >= 15 is 0 Å². The lowest BCUT2D eigenvalue weighted by molar-refractivity contribution is -0.00832. The Morgan fingerprint density at radius 2 is 1.71 bits per heavy atom. The van der Waals surface area contributed by atoms with Crippen molar-refractivity contribution in [3.8, 4) is 0 Å². The molecular weight excluding hydrogens is 212 g/mol. The highest BCUT2D eigenvalue weighted by molar-refractivity contribution is 4.89. The highest BCUT2D eigenvalue weighted by Gasteiger charge is 2.33. The summed E-state index contributed by atoms with van der Waals surface area (Å²) in [7, 11) is 2.18. The SMILES string of the molecule is CC1CN(C2CCCCCC2)C(CO)CN1C. The highest BCUT2D eigenvalue weighted by Crippen LogP contribution is 2.26. The van der Waals surface area contributed by atoms with Gasteiger partial charge in [0, 0.05) is 31.2 Å². The van der Waals surface area contributed by atoms with E-state index in [0.29, 0.717) is 18.7 Å². The Kier molecular flexibility index (Phi) is 4.83. The molecule has 17 heavy (non-hydrogen) atoms. The standard InChI is InChI=1S/C14H28N2O/c1-12-9-16(14(11-17)10-15(12)2)13-7-5-3-4-6-8-13/h12-14,17H,3-11H2,1-2H3. The molecule has 2 rings (SSSR count). The molecule has 0 amide bonds. The Balaban J connectivity index is 2.00. The Labute approximate surface area is 106 Å². The predicted octanol–water partition coefficient (Wildman–Crippen LogP) is 1.71. The fraction of sp³-hybridized carbons (Fsp3) is 1.00. The second kappa shape index (κ2) is 6.17. The van der Waals surface area contributed by atoms with Gasteiger partial charge in [0.25, 0.3) is 0 Å². The molecule has 0 aromatic rings. The molecule has 1 N–H and O–H groups in total. The van der Waals surface area contributed by atoms with Crippen molar-refractivity contribution >= 4 is 0 Å². The zero-order chi connectivity index (χ0) is 12.3. The van der Waals surface area contributed by atoms with Crippen LogP contribution in [0.3, 0.4) is 0 Å². The first-order valence-corrected chi connectivity index (χ1v) is 7.29. The van der Waals surface area contributed by atoms with Crippen LogP contribution in [-0.2, 0) is 0 Å². The van der Waals surface area contributed by atoms with Crippen LogP contribution in [0.4, 0.5) is 0 Å². The van der Waals surface area contributed by atoms with E-state index in [1.165, 1.54) is 38.5 Å². The van der Waals surface area contributed by atoms with E-state index in [0.717, 1.165) is 19.1 Å². The highest BCUT2D eigenvalue weighted by atomic mass is 16.3. The Morgan fingerprint density at radius 1 is 1.06 bits per heavy atom. The van der Waals surface area contributed by atoms with Gasteiger partial charge in [-0.2, -0.15) is 0 Å². The van der Waals surface area contributed by atoms with Gasteiger partial charge in [-0.05, 0) is 26.8 Å². The minimum Gasteiger partial charge on any atom is -0.395 e. The maximum atomic E-state index is 9.60. The molecule has 0 aromatic carbocycles. The lowest BCUT2D eigenvalue weighted by Gasteiger charge is -2.46. The van der Waals surface area contributed by atoms with Crippen molar-refractivity contribution in [3.05, 3.63) is 0 Å². The van der Waals surface area contributed by atoms with Gasteiger partial charge in [-0.1, -0.05) is 25.7 Å². The van der Waals surface area contributed by atoms with Crippen LogP contribution in [-0.4, -0.2) is 59.8 Å². The van der Waals surface area contributed by atoms with Crippen molar-refractivity contribution in [2.75, 3.05) is 26.7 Å². The maximum Gasteiger partial charge on any atom is 0.0599 e. The molecule has 2 aliphatic rings. The van der Waals surface area contributed by atoms with Crippen LogP contribution in [0.25, 0.3) is 0 Å². The number of hydrogen-bond acceptors (Lipinski definition) is 3. The molecule has 0 spiro atoms. The van der Waals surface area contributed by atoms with E-state index in [4.69, 9.17) is 0 Å². The number of nitrogens with zero attached hydrogens (tertiary/aromatic N) is 2. The van der Waals surface area contributed by atoms with Crippen molar-refractivity contribution in [2.45, 2.75) is 63.6 Å². The fourth-order valence-corrected chi connectivity index (χ4v) is 3.41. The minimum atomic E-state index is 0.313. The van der Waals surface area contributed by atoms with E-state index in [2.05, 4.69) is 23.8 Å². The topological polar surface area (TPSA) is 26.7 Å². The largest absolute Gasteiger partial charge is 0.395 e. The first-order valence-electron chi connectivity index (χ1n) is 7.29. The van der Waals surface area contributed by atoms with Gasteiger partial charge in [-0.3, -0.25) is 4.90 Å². The zero-order valence-corrected chi connectivity index (χ0v) is 11.4. The molecule has 3 nitrogen and oxygen atoms in total. The second-order valence-corrected chi connectivity index (χ2v) is 5.97. The van der Waals surface area contributed by atoms with Crippen molar-refractivity contribution in [1.82, 2.24) is 9.80 Å². The second-order valence-electron chi connectivity index (χ2n) is 5.97. The number of hydrogen-bond donors (Lipinski definition) is 1. The van der Waals surface area contributed by atoms with E-state index < -0.39 is 0 Å². The number of aliphatic hydroxyl groups excluding tert-OH is 1. The quantitative estimate of drug-likeness (QED) is 0.744. The lowest BCUT2D eigenvalue weighted by atomic mass is 10.0. The summed E-state index contributed by atoms with van der Waals surface area (Å²) in [5.41, 5.74) is 0. The third-order valence-corrected chi connectivity index (χ3v) is 4.70. The van der Waals surface area contributed by atoms with Crippen LogP contribution in [0.5, 0.6) is 0 Å². The first kappa shape index (κ1) is 13.3. The molecule has 0 radical (unpaired) electrons. The molecule has 2 atom stereocenters. The van der Waals surface area contributed by atoms with Crippen LogP contribution >= 0.6 is 0 Å². The summed E-state index contributed by atoms with van der Waals surface area (Å²) in [4.78, 5) is 4.99. The molecular formula is C14H28N2O. The van der Waals surface area contributed by atoms with Crippen molar-refractivity contribution in [2.24, 2.45) is 0 Å². The van der Waals surface area contributed by atoms with Gasteiger partial charge < -0.3 is 10.0 Å². The average molecular weight is 240 g/mol. The molecule has 1 saturated heterocycles. The normalized spacial score (nSPS) is 34.8. The van der Waals surface area contributed by atoms with Crippen LogP contribution in [0.2, 0.25) is 0 Å². The van der Waals surface area contributed by atoms with E-state index in [1.54, 1.807) is 0 Å². The molecule has 1 heterocycles. The summed E-state index contributed by atoms with van der Waals surface area (Å²) in [6.45, 7) is 4.77. The fourth-order valence-electron chi connectivity index (χ4n) is 3.41. The van der Waals surface area contributed by atoms with Crippen LogP contribution in [0, 0.1) is 0 Å². The molecule has 1 aliphatic heterocycles. The van der Waals surface area contributed by atoms with E-state index in [9.17, 15) is 5.11 Å². The lowest BCUT2D eigenvalue weighted by Crippen LogP contribution is -2.60. The van der Waals surface area contributed by atoms with Gasteiger partial charge in [-0.15, -0.1) is 0 Å². The van der Waals surface area contributed by atoms with Gasteiger partial charge >= 0.3 is 0 Å². The summed E-state index contributed by atoms with van der Waals surface area (Å²) >= 11 is 0. The molecule has 2 unspecified atom stereocenters. The van der Waals surface area contributed by atoms with Crippen molar-refractivity contribution in [1.29, 1.82) is 0 Å². The molecule has 1 aliphatic carbocycles. The summed E-state index contributed by atoms with van der Waals surface area (Å²) in [6, 6.07) is 1.71. The maximum absolute atomic E-state index is 9.60. The minimum absolute atomic E-state index is 0.313. The third-order valence-electron chi connectivity index (χ3n) is 4.70. The number of aliphatic hydroxyl groups is 1. The molecule has 0 aromatic heterocycles. The number of piperazine rings is 1. The van der Waals surface area contributed by atoms with Gasteiger partial charge in [0.05, 0.1) is 6.61 Å². The summed E-state index contributed by atoms with van der Waals surface area (Å²) < 4.78 is 0. The van der Waals surface area contributed by atoms with Crippen LogP contribution in [0.1, 0.15) is 45.4 Å². The third kappa shape index (κ3) is 3.21. The number of rotatable bonds is 2. The Morgan fingerprint density at radius 3 is 2.29 bits per heavy atom. The van der Waals surface area contributed by atoms with Crippen LogP contribution in [0.15, 0.2) is 0 Å². The van der Waals surface area contributed by atoms with Gasteiger partial charge in [0.1, 0.15) is 0 Å². The molecule has 1 saturated carbocycles. The monoisotopic (exact) mass is 240 g/mol. The van der Waals surface area contributed by atoms with E-state index in [-0.39, 0.29) is 0 Å². The van der Waals surface area contributed by atoms with Gasteiger partial charge in [-0.25, -0.2) is 0 Å². The van der Waals surface area contributed by atoms with Gasteiger partial charge in [0.2, 0.25) is 0 Å². The van der Waals surface area contributed by atoms with E-state index in [1.807, 2.05) is 0 Å². The summed E-state index contributed by atoms with van der Waals surface area (Å²) in [5.74, 6) is 0. The van der Waals surface area contributed by atoms with Crippen molar-refractivity contribution < 1.29 is 5.11 Å². The Hall–Kier alpha value is -0.120. The van der Waals surface area contributed by atoms with Crippen LogP contribution < -0.4 is 0 Å². The number of likely N-dealkylation sites (N-methyl/N-ethyl adjacent to an activating group) is 1. The summed E-state index contributed by atoms with van der Waals surface area (Å²) in [5, 5.41) is 9.60. The molecule has 3 heteroatoms. The average Bonchev–Trinajstić information content (AvgIpc) is 2.60. The molecule has 2 fully saturated rings. The van der Waals surface area contributed by atoms with Crippen molar-refractivity contribution in [3.63, 3.8) is 0 Å². The molecule has 100 valence electrons. The first-order chi connectivity index (χ1) is 8.22. The Bertz CT molecular complexity index is 226.